The number of H-pyrrole nitrogens is 1. The largest absolute Gasteiger partial charge is 0.481 e. The third-order valence-corrected chi connectivity index (χ3v) is 2.57. The lowest BCUT2D eigenvalue weighted by Gasteiger charge is -2.06. The van der Waals surface area contributed by atoms with Crippen LogP contribution in [0.25, 0.3) is 11.3 Å². The fraction of sp³-hybridized carbons (Fsp3) is 0.167. The first-order valence-corrected chi connectivity index (χ1v) is 5.01. The van der Waals surface area contributed by atoms with Gasteiger partial charge in [-0.05, 0) is 12.5 Å². The molecule has 0 aliphatic heterocycles. The molecular formula is C12H12N2O2. The summed E-state index contributed by atoms with van der Waals surface area (Å²) in [4.78, 5) is 10.9. The molecule has 1 aromatic heterocycles. The Bertz CT molecular complexity index is 491. The number of carboxylic acid groups (broad SMARTS) is 1. The predicted molar refractivity (Wildman–Crippen MR) is 60.1 cm³/mol. The second-order valence-electron chi connectivity index (χ2n) is 3.63. The second-order valence-corrected chi connectivity index (χ2v) is 3.63. The van der Waals surface area contributed by atoms with E-state index < -0.39 is 11.9 Å². The van der Waals surface area contributed by atoms with E-state index in [-0.39, 0.29) is 0 Å². The molecule has 4 heteroatoms. The second kappa shape index (κ2) is 4.18. The number of aliphatic carboxylic acids is 1. The van der Waals surface area contributed by atoms with E-state index in [1.54, 1.807) is 13.1 Å². The van der Waals surface area contributed by atoms with Crippen LogP contribution in [0.15, 0.2) is 36.5 Å². The maximum absolute atomic E-state index is 10.9. The van der Waals surface area contributed by atoms with Gasteiger partial charge in [0.1, 0.15) is 0 Å². The summed E-state index contributed by atoms with van der Waals surface area (Å²) in [5, 5.41) is 15.7. The molecule has 16 heavy (non-hydrogen) atoms. The van der Waals surface area contributed by atoms with Gasteiger partial charge in [0.05, 0.1) is 17.8 Å². The Morgan fingerprint density at radius 2 is 2.06 bits per heavy atom. The number of hydrogen-bond donors (Lipinski definition) is 2. The maximum atomic E-state index is 10.9. The summed E-state index contributed by atoms with van der Waals surface area (Å²) in [6.45, 7) is 1.65. The molecule has 0 bridgehead atoms. The molecule has 1 atom stereocenters. The van der Waals surface area contributed by atoms with Crippen LogP contribution in [0.2, 0.25) is 0 Å². The normalized spacial score (nSPS) is 12.3. The number of aromatic nitrogens is 2. The average molecular weight is 216 g/mol. The Morgan fingerprint density at radius 3 is 2.69 bits per heavy atom. The van der Waals surface area contributed by atoms with Crippen molar-refractivity contribution >= 4 is 5.97 Å². The van der Waals surface area contributed by atoms with Gasteiger partial charge in [-0.1, -0.05) is 30.3 Å². The fourth-order valence-electron chi connectivity index (χ4n) is 1.59. The first-order chi connectivity index (χ1) is 7.70. The molecule has 2 N–H and O–H groups in total. The number of rotatable bonds is 3. The summed E-state index contributed by atoms with van der Waals surface area (Å²) in [5.41, 5.74) is 2.43. The third-order valence-electron chi connectivity index (χ3n) is 2.57. The van der Waals surface area contributed by atoms with Crippen LogP contribution in [-0.4, -0.2) is 21.3 Å². The topological polar surface area (TPSA) is 66.0 Å². The van der Waals surface area contributed by atoms with Crippen molar-refractivity contribution < 1.29 is 9.90 Å². The SMILES string of the molecule is CC(C(=O)O)c1cn[nH]c1-c1ccccc1. The molecule has 0 aliphatic carbocycles. The molecule has 1 unspecified atom stereocenters. The Kier molecular flexibility index (Phi) is 2.72. The zero-order chi connectivity index (χ0) is 11.5. The van der Waals surface area contributed by atoms with Gasteiger partial charge >= 0.3 is 5.97 Å². The van der Waals surface area contributed by atoms with Gasteiger partial charge in [-0.25, -0.2) is 0 Å². The van der Waals surface area contributed by atoms with E-state index >= 15 is 0 Å². The van der Waals surface area contributed by atoms with E-state index in [2.05, 4.69) is 10.2 Å². The summed E-state index contributed by atoms with van der Waals surface area (Å²) >= 11 is 0. The fourth-order valence-corrected chi connectivity index (χ4v) is 1.59. The lowest BCUT2D eigenvalue weighted by atomic mass is 9.98. The van der Waals surface area contributed by atoms with Gasteiger partial charge in [0, 0.05) is 5.56 Å². The van der Waals surface area contributed by atoms with E-state index in [0.29, 0.717) is 5.56 Å². The molecule has 0 saturated heterocycles. The molecule has 4 nitrogen and oxygen atoms in total. The number of nitrogens with one attached hydrogen (secondary N) is 1. The molecule has 82 valence electrons. The van der Waals surface area contributed by atoms with Crippen molar-refractivity contribution in [1.29, 1.82) is 0 Å². The highest BCUT2D eigenvalue weighted by Gasteiger charge is 2.19. The van der Waals surface area contributed by atoms with Gasteiger partial charge in [-0.3, -0.25) is 9.89 Å². The quantitative estimate of drug-likeness (QED) is 0.827. The maximum Gasteiger partial charge on any atom is 0.310 e. The van der Waals surface area contributed by atoms with Crippen LogP contribution >= 0.6 is 0 Å². The number of hydrogen-bond acceptors (Lipinski definition) is 2. The lowest BCUT2D eigenvalue weighted by molar-refractivity contribution is -0.138. The van der Waals surface area contributed by atoms with Gasteiger partial charge in [0.15, 0.2) is 0 Å². The van der Waals surface area contributed by atoms with Gasteiger partial charge < -0.3 is 5.11 Å². The van der Waals surface area contributed by atoms with Crippen LogP contribution in [-0.2, 0) is 4.79 Å². The van der Waals surface area contributed by atoms with Crippen LogP contribution in [0, 0.1) is 0 Å². The van der Waals surface area contributed by atoms with E-state index in [4.69, 9.17) is 5.11 Å². The minimum absolute atomic E-state index is 0.561. The molecule has 0 aliphatic rings. The van der Waals surface area contributed by atoms with Crippen molar-refractivity contribution in [3.63, 3.8) is 0 Å². The number of carbonyl (C=O) groups is 1. The molecular weight excluding hydrogens is 204 g/mol. The summed E-state index contributed by atoms with van der Waals surface area (Å²) in [6, 6.07) is 9.58. The van der Waals surface area contributed by atoms with Gasteiger partial charge in [-0.15, -0.1) is 0 Å². The third kappa shape index (κ3) is 1.82. The minimum atomic E-state index is -0.849. The first-order valence-electron chi connectivity index (χ1n) is 5.01. The van der Waals surface area contributed by atoms with Gasteiger partial charge in [0.25, 0.3) is 0 Å². The zero-order valence-corrected chi connectivity index (χ0v) is 8.84. The molecule has 0 radical (unpaired) electrons. The van der Waals surface area contributed by atoms with E-state index in [1.807, 2.05) is 30.3 Å². The summed E-state index contributed by atoms with van der Waals surface area (Å²) in [5.74, 6) is -1.41. The van der Waals surface area contributed by atoms with Crippen LogP contribution in [0.4, 0.5) is 0 Å². The predicted octanol–water partition coefficient (Wildman–Crippen LogP) is 2.26. The summed E-state index contributed by atoms with van der Waals surface area (Å²) in [6.07, 6.45) is 1.57. The smallest absolute Gasteiger partial charge is 0.310 e. The van der Waals surface area contributed by atoms with Crippen molar-refractivity contribution in [2.75, 3.05) is 0 Å². The molecule has 0 amide bonds. The number of carboxylic acids is 1. The summed E-state index contributed by atoms with van der Waals surface area (Å²) < 4.78 is 0. The Hall–Kier alpha value is -2.10. The van der Waals surface area contributed by atoms with E-state index in [9.17, 15) is 4.79 Å². The van der Waals surface area contributed by atoms with Crippen molar-refractivity contribution in [2.45, 2.75) is 12.8 Å². The molecule has 2 aromatic rings. The van der Waals surface area contributed by atoms with Crippen LogP contribution in [0.1, 0.15) is 18.4 Å². The Balaban J connectivity index is 2.44. The van der Waals surface area contributed by atoms with Crippen LogP contribution < -0.4 is 0 Å². The number of nitrogens with zero attached hydrogens (tertiary/aromatic N) is 1. The summed E-state index contributed by atoms with van der Waals surface area (Å²) in [7, 11) is 0. The molecule has 1 aromatic carbocycles. The van der Waals surface area contributed by atoms with Gasteiger partial charge in [0.2, 0.25) is 0 Å². The van der Waals surface area contributed by atoms with Crippen LogP contribution in [0.3, 0.4) is 0 Å². The molecule has 0 spiro atoms. The first kappa shape index (κ1) is 10.4. The standard InChI is InChI=1S/C12H12N2O2/c1-8(12(15)16)10-7-13-14-11(10)9-5-3-2-4-6-9/h2-8H,1H3,(H,13,14)(H,15,16). The average Bonchev–Trinajstić information content (AvgIpc) is 2.77. The number of aromatic amines is 1. The Morgan fingerprint density at radius 1 is 1.38 bits per heavy atom. The highest BCUT2D eigenvalue weighted by Crippen LogP contribution is 2.26. The number of benzene rings is 1. The molecule has 0 fully saturated rings. The molecule has 1 heterocycles. The molecule has 2 rings (SSSR count). The van der Waals surface area contributed by atoms with E-state index in [1.165, 1.54) is 0 Å². The minimum Gasteiger partial charge on any atom is -0.481 e. The van der Waals surface area contributed by atoms with Crippen molar-refractivity contribution in [3.8, 4) is 11.3 Å². The van der Waals surface area contributed by atoms with Gasteiger partial charge in [-0.2, -0.15) is 5.10 Å². The van der Waals surface area contributed by atoms with Crippen LogP contribution in [0.5, 0.6) is 0 Å². The van der Waals surface area contributed by atoms with Crippen molar-refractivity contribution in [2.24, 2.45) is 0 Å². The van der Waals surface area contributed by atoms with Crippen molar-refractivity contribution in [3.05, 3.63) is 42.1 Å². The highest BCUT2D eigenvalue weighted by molar-refractivity contribution is 5.79. The lowest BCUT2D eigenvalue weighted by Crippen LogP contribution is -2.07. The monoisotopic (exact) mass is 216 g/mol. The van der Waals surface area contributed by atoms with E-state index in [0.717, 1.165) is 11.3 Å². The zero-order valence-electron chi connectivity index (χ0n) is 8.84. The Labute approximate surface area is 92.9 Å². The highest BCUT2D eigenvalue weighted by atomic mass is 16.4. The van der Waals surface area contributed by atoms with Crippen molar-refractivity contribution in [1.82, 2.24) is 10.2 Å². The molecule has 0 saturated carbocycles.